The first kappa shape index (κ1) is 13.7. The van der Waals surface area contributed by atoms with Crippen molar-refractivity contribution in [2.24, 2.45) is 0 Å². The lowest BCUT2D eigenvalue weighted by Gasteiger charge is -2.05. The lowest BCUT2D eigenvalue weighted by atomic mass is 10.3. The van der Waals surface area contributed by atoms with Crippen molar-refractivity contribution in [3.8, 4) is 0 Å². The van der Waals surface area contributed by atoms with E-state index in [9.17, 15) is 9.00 Å². The van der Waals surface area contributed by atoms with Crippen molar-refractivity contribution in [1.82, 2.24) is 0 Å². The van der Waals surface area contributed by atoms with Crippen molar-refractivity contribution in [1.29, 1.82) is 0 Å². The zero-order valence-electron chi connectivity index (χ0n) is 9.94. The van der Waals surface area contributed by atoms with Crippen LogP contribution in [0, 0.1) is 0 Å². The van der Waals surface area contributed by atoms with Crippen molar-refractivity contribution in [2.45, 2.75) is 19.8 Å². The molecule has 0 spiro atoms. The van der Waals surface area contributed by atoms with Crippen LogP contribution in [0.4, 0.5) is 11.4 Å². The van der Waals surface area contributed by atoms with Crippen LogP contribution in [0.25, 0.3) is 0 Å². The van der Waals surface area contributed by atoms with E-state index >= 15 is 0 Å². The Morgan fingerprint density at radius 3 is 2.82 bits per heavy atom. The number of nitrogens with one attached hydrogen (secondary N) is 1. The third kappa shape index (κ3) is 5.49. The van der Waals surface area contributed by atoms with E-state index in [1.54, 1.807) is 24.3 Å². The summed E-state index contributed by atoms with van der Waals surface area (Å²) in [7, 11) is -0.889. The van der Waals surface area contributed by atoms with Crippen LogP contribution in [0.5, 0.6) is 0 Å². The second kappa shape index (κ2) is 7.06. The molecule has 0 aliphatic heterocycles. The molecule has 1 unspecified atom stereocenters. The van der Waals surface area contributed by atoms with Gasteiger partial charge in [-0.3, -0.25) is 9.00 Å². The second-order valence-electron chi connectivity index (χ2n) is 3.77. The molecule has 0 bridgehead atoms. The lowest BCUT2D eigenvalue weighted by Crippen LogP contribution is -2.15. The summed E-state index contributed by atoms with van der Waals surface area (Å²) in [6.07, 6.45) is 1.16. The van der Waals surface area contributed by atoms with E-state index in [-0.39, 0.29) is 12.3 Å². The minimum Gasteiger partial charge on any atom is -0.399 e. The van der Waals surface area contributed by atoms with Crippen LogP contribution in [0.3, 0.4) is 0 Å². The molecule has 3 N–H and O–H groups in total. The Bertz CT molecular complexity index is 407. The number of benzene rings is 1. The number of carbonyl (C=O) groups is 1. The number of hydrogen-bond acceptors (Lipinski definition) is 3. The topological polar surface area (TPSA) is 72.2 Å². The monoisotopic (exact) mass is 254 g/mol. The minimum absolute atomic E-state index is 0.125. The van der Waals surface area contributed by atoms with Crippen molar-refractivity contribution < 1.29 is 9.00 Å². The smallest absolute Gasteiger partial charge is 0.225 e. The maximum Gasteiger partial charge on any atom is 0.225 e. The molecule has 0 aliphatic rings. The SMILES string of the molecule is CCCS(=O)CCC(=O)Nc1cccc(N)c1. The summed E-state index contributed by atoms with van der Waals surface area (Å²) in [5.41, 5.74) is 6.88. The standard InChI is InChI=1S/C12H18N2O2S/c1-2-7-17(16)8-6-12(15)14-11-5-3-4-10(13)9-11/h3-5,9H,2,6-8,13H2,1H3,(H,14,15). The second-order valence-corrected chi connectivity index (χ2v) is 5.47. The van der Waals surface area contributed by atoms with Crippen LogP contribution >= 0.6 is 0 Å². The fraction of sp³-hybridized carbons (Fsp3) is 0.417. The number of rotatable bonds is 6. The Kier molecular flexibility index (Phi) is 5.69. The van der Waals surface area contributed by atoms with Gasteiger partial charge in [-0.25, -0.2) is 0 Å². The summed E-state index contributed by atoms with van der Waals surface area (Å²) in [4.78, 5) is 11.5. The van der Waals surface area contributed by atoms with E-state index in [1.807, 2.05) is 6.92 Å². The summed E-state index contributed by atoms with van der Waals surface area (Å²) in [5.74, 6) is 0.952. The molecule has 1 aromatic rings. The highest BCUT2D eigenvalue weighted by Crippen LogP contribution is 2.11. The van der Waals surface area contributed by atoms with Crippen LogP contribution in [0.2, 0.25) is 0 Å². The predicted octanol–water partition coefficient (Wildman–Crippen LogP) is 1.76. The van der Waals surface area contributed by atoms with E-state index in [0.717, 1.165) is 6.42 Å². The van der Waals surface area contributed by atoms with Gasteiger partial charge in [0.15, 0.2) is 0 Å². The van der Waals surface area contributed by atoms with Crippen molar-refractivity contribution >= 4 is 28.1 Å². The lowest BCUT2D eigenvalue weighted by molar-refractivity contribution is -0.115. The van der Waals surface area contributed by atoms with Gasteiger partial charge in [0.25, 0.3) is 0 Å². The van der Waals surface area contributed by atoms with Gasteiger partial charge in [-0.2, -0.15) is 0 Å². The first-order chi connectivity index (χ1) is 8.11. The minimum atomic E-state index is -0.889. The van der Waals surface area contributed by atoms with E-state index in [1.165, 1.54) is 0 Å². The molecule has 0 fully saturated rings. The maximum atomic E-state index is 11.5. The molecule has 0 heterocycles. The Morgan fingerprint density at radius 2 is 2.18 bits per heavy atom. The Hall–Kier alpha value is -1.36. The number of nitrogen functional groups attached to an aromatic ring is 1. The van der Waals surface area contributed by atoms with Gasteiger partial charge in [-0.1, -0.05) is 13.0 Å². The molecule has 1 aromatic carbocycles. The molecular weight excluding hydrogens is 236 g/mol. The quantitative estimate of drug-likeness (QED) is 0.760. The summed E-state index contributed by atoms with van der Waals surface area (Å²) in [6, 6.07) is 7.00. The molecule has 0 radical (unpaired) electrons. The third-order valence-corrected chi connectivity index (χ3v) is 3.68. The maximum absolute atomic E-state index is 11.5. The molecule has 0 saturated heterocycles. The normalized spacial score (nSPS) is 12.1. The number of amides is 1. The van der Waals surface area contributed by atoms with Crippen LogP contribution < -0.4 is 11.1 Å². The largest absolute Gasteiger partial charge is 0.399 e. The van der Waals surface area contributed by atoms with Gasteiger partial charge in [0.05, 0.1) is 0 Å². The summed E-state index contributed by atoms with van der Waals surface area (Å²) < 4.78 is 11.4. The summed E-state index contributed by atoms with van der Waals surface area (Å²) in [5, 5.41) is 2.73. The fourth-order valence-electron chi connectivity index (χ4n) is 1.38. The Labute approximate surface area is 104 Å². The number of carbonyl (C=O) groups excluding carboxylic acids is 1. The number of hydrogen-bond donors (Lipinski definition) is 2. The van der Waals surface area contributed by atoms with E-state index in [4.69, 9.17) is 5.73 Å². The first-order valence-corrected chi connectivity index (χ1v) is 7.11. The van der Waals surface area contributed by atoms with E-state index in [0.29, 0.717) is 22.9 Å². The first-order valence-electron chi connectivity index (χ1n) is 5.62. The molecule has 5 heteroatoms. The van der Waals surface area contributed by atoms with Gasteiger partial charge >= 0.3 is 0 Å². The van der Waals surface area contributed by atoms with Crippen molar-refractivity contribution in [2.75, 3.05) is 22.6 Å². The molecule has 0 aromatic heterocycles. The molecule has 0 saturated carbocycles. The van der Waals surface area contributed by atoms with E-state index in [2.05, 4.69) is 5.32 Å². The highest BCUT2D eigenvalue weighted by Gasteiger charge is 2.05. The predicted molar refractivity (Wildman–Crippen MR) is 72.3 cm³/mol. The summed E-state index contributed by atoms with van der Waals surface area (Å²) >= 11 is 0. The van der Waals surface area contributed by atoms with E-state index < -0.39 is 10.8 Å². The van der Waals surface area contributed by atoms with Gasteiger partial charge < -0.3 is 11.1 Å². The third-order valence-electron chi connectivity index (χ3n) is 2.16. The molecule has 1 amide bonds. The molecule has 94 valence electrons. The van der Waals surface area contributed by atoms with Gasteiger partial charge in [-0.05, 0) is 24.6 Å². The van der Waals surface area contributed by atoms with Crippen LogP contribution in [-0.4, -0.2) is 21.6 Å². The van der Waals surface area contributed by atoms with Gasteiger partial charge in [0.2, 0.25) is 5.91 Å². The van der Waals surface area contributed by atoms with Gasteiger partial charge in [-0.15, -0.1) is 0 Å². The molecule has 1 atom stereocenters. The summed E-state index contributed by atoms with van der Waals surface area (Å²) in [6.45, 7) is 1.98. The van der Waals surface area contributed by atoms with Crippen molar-refractivity contribution in [3.63, 3.8) is 0 Å². The van der Waals surface area contributed by atoms with Crippen LogP contribution in [-0.2, 0) is 15.6 Å². The van der Waals surface area contributed by atoms with Crippen molar-refractivity contribution in [3.05, 3.63) is 24.3 Å². The zero-order valence-corrected chi connectivity index (χ0v) is 10.8. The Morgan fingerprint density at radius 1 is 1.41 bits per heavy atom. The Balaban J connectivity index is 2.37. The molecular formula is C12H18N2O2S. The highest BCUT2D eigenvalue weighted by atomic mass is 32.2. The molecule has 1 rings (SSSR count). The average Bonchev–Trinajstić information content (AvgIpc) is 2.27. The fourth-order valence-corrected chi connectivity index (χ4v) is 2.45. The molecule has 17 heavy (non-hydrogen) atoms. The highest BCUT2D eigenvalue weighted by molar-refractivity contribution is 7.84. The van der Waals surface area contributed by atoms with Crippen LogP contribution in [0.15, 0.2) is 24.3 Å². The van der Waals surface area contributed by atoms with Gasteiger partial charge in [0, 0.05) is 40.1 Å². The van der Waals surface area contributed by atoms with Gasteiger partial charge in [0.1, 0.15) is 0 Å². The average molecular weight is 254 g/mol. The zero-order chi connectivity index (χ0) is 12.7. The number of anilines is 2. The molecule has 4 nitrogen and oxygen atoms in total. The number of nitrogens with two attached hydrogens (primary N) is 1. The van der Waals surface area contributed by atoms with Crippen LogP contribution in [0.1, 0.15) is 19.8 Å². The molecule has 0 aliphatic carbocycles.